The van der Waals surface area contributed by atoms with Crippen LogP contribution in [-0.4, -0.2) is 20.7 Å². The van der Waals surface area contributed by atoms with E-state index in [0.717, 1.165) is 0 Å². The molecule has 0 bridgehead atoms. The van der Waals surface area contributed by atoms with Crippen molar-refractivity contribution in [3.63, 3.8) is 0 Å². The summed E-state index contributed by atoms with van der Waals surface area (Å²) in [6, 6.07) is 3.80. The Bertz CT molecular complexity index is 304. The first-order chi connectivity index (χ1) is 6.69. The van der Waals surface area contributed by atoms with Crippen LogP contribution in [0.5, 0.6) is 5.75 Å². The first-order valence-corrected chi connectivity index (χ1v) is 4.31. The molecule has 1 atom stereocenters. The van der Waals surface area contributed by atoms with Crippen molar-refractivity contribution in [2.75, 3.05) is 20.7 Å². The Hall–Kier alpha value is -1.16. The molecule has 0 aliphatic carbocycles. The fourth-order valence-electron chi connectivity index (χ4n) is 1.23. The van der Waals surface area contributed by atoms with Gasteiger partial charge in [0.15, 0.2) is 0 Å². The molecule has 1 aromatic carbocycles. The zero-order valence-corrected chi connectivity index (χ0v) is 8.18. The lowest BCUT2D eigenvalue weighted by Gasteiger charge is -2.12. The van der Waals surface area contributed by atoms with Gasteiger partial charge in [0.2, 0.25) is 0 Å². The number of benzene rings is 1. The van der Waals surface area contributed by atoms with Crippen molar-refractivity contribution in [2.24, 2.45) is 0 Å². The summed E-state index contributed by atoms with van der Waals surface area (Å²) in [6.45, 7) is 0.183. The van der Waals surface area contributed by atoms with Crippen LogP contribution in [0.3, 0.4) is 0 Å². The largest absolute Gasteiger partial charge is 0.496 e. The van der Waals surface area contributed by atoms with E-state index in [1.165, 1.54) is 25.3 Å². The average molecular weight is 201 g/mol. The number of methoxy groups -OCH3 is 1. The van der Waals surface area contributed by atoms with Crippen LogP contribution in [0.25, 0.3) is 0 Å². The number of hydrogen-bond donors (Lipinski definition) is 1. The first-order valence-electron chi connectivity index (χ1n) is 4.31. The lowest BCUT2D eigenvalue weighted by Crippen LogP contribution is -2.14. The van der Waals surface area contributed by atoms with Crippen LogP contribution in [0.15, 0.2) is 18.2 Å². The smallest absolute Gasteiger partial charge is 0.141 e. The molecule has 0 saturated heterocycles. The SMILES string of the molecule is CNCC(F)c1ccc(F)cc1OC. The molecule has 1 unspecified atom stereocenters. The van der Waals surface area contributed by atoms with Gasteiger partial charge in [0, 0.05) is 18.2 Å². The van der Waals surface area contributed by atoms with Crippen molar-refractivity contribution in [2.45, 2.75) is 6.17 Å². The molecule has 0 aliphatic heterocycles. The molecule has 0 aliphatic rings. The Morgan fingerprint density at radius 3 is 2.79 bits per heavy atom. The maximum Gasteiger partial charge on any atom is 0.141 e. The van der Waals surface area contributed by atoms with Crippen LogP contribution in [0, 0.1) is 5.82 Å². The highest BCUT2D eigenvalue weighted by Crippen LogP contribution is 2.27. The molecule has 0 amide bonds. The van der Waals surface area contributed by atoms with Crippen molar-refractivity contribution in [1.82, 2.24) is 5.32 Å². The highest BCUT2D eigenvalue weighted by Gasteiger charge is 2.14. The fourth-order valence-corrected chi connectivity index (χ4v) is 1.23. The van der Waals surface area contributed by atoms with Crippen LogP contribution in [-0.2, 0) is 0 Å². The predicted molar refractivity (Wildman–Crippen MR) is 50.7 cm³/mol. The lowest BCUT2D eigenvalue weighted by molar-refractivity contribution is 0.317. The van der Waals surface area contributed by atoms with Gasteiger partial charge in [0.25, 0.3) is 0 Å². The van der Waals surface area contributed by atoms with E-state index >= 15 is 0 Å². The van der Waals surface area contributed by atoms with E-state index in [9.17, 15) is 8.78 Å². The van der Waals surface area contributed by atoms with Crippen molar-refractivity contribution in [1.29, 1.82) is 0 Å². The Kier molecular flexibility index (Phi) is 3.83. The van der Waals surface area contributed by atoms with Crippen LogP contribution in [0.1, 0.15) is 11.7 Å². The molecule has 4 heteroatoms. The van der Waals surface area contributed by atoms with Gasteiger partial charge in [-0.05, 0) is 19.2 Å². The van der Waals surface area contributed by atoms with Crippen LogP contribution in [0.2, 0.25) is 0 Å². The number of ether oxygens (including phenoxy) is 1. The minimum absolute atomic E-state index is 0.183. The maximum atomic E-state index is 13.4. The third-order valence-electron chi connectivity index (χ3n) is 1.92. The average Bonchev–Trinajstić information content (AvgIpc) is 2.17. The van der Waals surface area contributed by atoms with Crippen LogP contribution >= 0.6 is 0 Å². The first kappa shape index (κ1) is 10.9. The van der Waals surface area contributed by atoms with E-state index in [1.807, 2.05) is 0 Å². The molecule has 1 N–H and O–H groups in total. The van der Waals surface area contributed by atoms with Gasteiger partial charge in [-0.1, -0.05) is 0 Å². The van der Waals surface area contributed by atoms with Gasteiger partial charge in [-0.3, -0.25) is 0 Å². The van der Waals surface area contributed by atoms with Crippen molar-refractivity contribution < 1.29 is 13.5 Å². The van der Waals surface area contributed by atoms with E-state index in [0.29, 0.717) is 5.56 Å². The summed E-state index contributed by atoms with van der Waals surface area (Å²) < 4.78 is 31.1. The normalized spacial score (nSPS) is 12.6. The van der Waals surface area contributed by atoms with Crippen LogP contribution < -0.4 is 10.1 Å². The molecule has 78 valence electrons. The van der Waals surface area contributed by atoms with E-state index in [-0.39, 0.29) is 12.3 Å². The van der Waals surface area contributed by atoms with Crippen molar-refractivity contribution >= 4 is 0 Å². The zero-order chi connectivity index (χ0) is 10.6. The molecule has 0 saturated carbocycles. The highest BCUT2D eigenvalue weighted by atomic mass is 19.1. The highest BCUT2D eigenvalue weighted by molar-refractivity contribution is 5.35. The number of rotatable bonds is 4. The summed E-state index contributed by atoms with van der Waals surface area (Å²) >= 11 is 0. The van der Waals surface area contributed by atoms with E-state index < -0.39 is 12.0 Å². The number of likely N-dealkylation sites (N-methyl/N-ethyl adjacent to an activating group) is 1. The fraction of sp³-hybridized carbons (Fsp3) is 0.400. The van der Waals surface area contributed by atoms with Gasteiger partial charge in [-0.25, -0.2) is 8.78 Å². The third-order valence-corrected chi connectivity index (χ3v) is 1.92. The zero-order valence-electron chi connectivity index (χ0n) is 8.18. The van der Waals surface area contributed by atoms with Gasteiger partial charge >= 0.3 is 0 Å². The summed E-state index contributed by atoms with van der Waals surface area (Å²) in [5.74, 6) is -0.185. The molecule has 2 nitrogen and oxygen atoms in total. The minimum Gasteiger partial charge on any atom is -0.496 e. The Morgan fingerprint density at radius 2 is 2.21 bits per heavy atom. The summed E-state index contributed by atoms with van der Waals surface area (Å²) in [7, 11) is 3.05. The van der Waals surface area contributed by atoms with E-state index in [2.05, 4.69) is 5.32 Å². The van der Waals surface area contributed by atoms with E-state index in [4.69, 9.17) is 4.74 Å². The van der Waals surface area contributed by atoms with Crippen LogP contribution in [0.4, 0.5) is 8.78 Å². The quantitative estimate of drug-likeness (QED) is 0.805. The lowest BCUT2D eigenvalue weighted by atomic mass is 10.1. The molecule has 0 spiro atoms. The maximum absolute atomic E-state index is 13.4. The third kappa shape index (κ3) is 2.42. The molecule has 0 fully saturated rings. The Morgan fingerprint density at radius 1 is 1.50 bits per heavy atom. The van der Waals surface area contributed by atoms with Gasteiger partial charge in [-0.2, -0.15) is 0 Å². The molecular formula is C10H13F2NO. The second-order valence-corrected chi connectivity index (χ2v) is 2.91. The van der Waals surface area contributed by atoms with Gasteiger partial charge in [0.1, 0.15) is 17.7 Å². The molecule has 0 aromatic heterocycles. The molecule has 1 aromatic rings. The molecule has 1 rings (SSSR count). The predicted octanol–water partition coefficient (Wildman–Crippen LogP) is 2.06. The second-order valence-electron chi connectivity index (χ2n) is 2.91. The van der Waals surface area contributed by atoms with Gasteiger partial charge in [0.05, 0.1) is 7.11 Å². The number of hydrogen-bond acceptors (Lipinski definition) is 2. The van der Waals surface area contributed by atoms with E-state index in [1.54, 1.807) is 7.05 Å². The Labute approximate surface area is 81.9 Å². The summed E-state index contributed by atoms with van der Waals surface area (Å²) in [4.78, 5) is 0. The summed E-state index contributed by atoms with van der Waals surface area (Å²) in [5.41, 5.74) is 0.364. The second kappa shape index (κ2) is 4.91. The summed E-state index contributed by atoms with van der Waals surface area (Å²) in [5, 5.41) is 2.71. The standard InChI is InChI=1S/C10H13F2NO/c1-13-6-9(12)8-4-3-7(11)5-10(8)14-2/h3-5,9,13H,6H2,1-2H3. The Balaban J connectivity index is 2.95. The van der Waals surface area contributed by atoms with Gasteiger partial charge in [-0.15, -0.1) is 0 Å². The number of halogens is 2. The molecule has 0 radical (unpaired) electrons. The van der Waals surface area contributed by atoms with Crippen molar-refractivity contribution in [3.8, 4) is 5.75 Å². The van der Waals surface area contributed by atoms with Gasteiger partial charge < -0.3 is 10.1 Å². The molecular weight excluding hydrogens is 188 g/mol. The van der Waals surface area contributed by atoms with Crippen molar-refractivity contribution in [3.05, 3.63) is 29.6 Å². The molecule has 0 heterocycles. The molecule has 14 heavy (non-hydrogen) atoms. The number of alkyl halides is 1. The minimum atomic E-state index is -1.18. The number of nitrogens with one attached hydrogen (secondary N) is 1. The topological polar surface area (TPSA) is 21.3 Å². The summed E-state index contributed by atoms with van der Waals surface area (Å²) in [6.07, 6.45) is -1.18. The monoisotopic (exact) mass is 201 g/mol.